The molecule has 2 aromatic rings. The van der Waals surface area contributed by atoms with Gasteiger partial charge < -0.3 is 5.84 Å². The summed E-state index contributed by atoms with van der Waals surface area (Å²) < 4.78 is 1.44. The van der Waals surface area contributed by atoms with Gasteiger partial charge in [-0.05, 0) is 17.9 Å². The van der Waals surface area contributed by atoms with E-state index in [0.29, 0.717) is 11.0 Å². The Morgan fingerprint density at radius 1 is 1.24 bits per heavy atom. The van der Waals surface area contributed by atoms with Gasteiger partial charge in [-0.15, -0.1) is 10.2 Å². The predicted octanol–water partition coefficient (Wildman–Crippen LogP) is 2.96. The van der Waals surface area contributed by atoms with Crippen molar-refractivity contribution in [3.8, 4) is 17.5 Å². The summed E-state index contributed by atoms with van der Waals surface area (Å²) in [4.78, 5) is 0. The molecule has 2 N–H and O–H groups in total. The molecular formula is C15H19N5S. The molecule has 0 fully saturated rings. The number of nitrogen functional groups attached to an aromatic ring is 1. The van der Waals surface area contributed by atoms with E-state index in [1.165, 1.54) is 22.0 Å². The monoisotopic (exact) mass is 301 g/mol. The predicted molar refractivity (Wildman–Crippen MR) is 85.2 cm³/mol. The van der Waals surface area contributed by atoms with E-state index >= 15 is 0 Å². The molecule has 0 saturated heterocycles. The molecule has 21 heavy (non-hydrogen) atoms. The molecule has 110 valence electrons. The highest BCUT2D eigenvalue weighted by Gasteiger charge is 2.17. The zero-order valence-electron chi connectivity index (χ0n) is 12.7. The Hall–Kier alpha value is -2.00. The van der Waals surface area contributed by atoms with Crippen LogP contribution in [0, 0.1) is 11.3 Å². The van der Waals surface area contributed by atoms with E-state index in [9.17, 15) is 0 Å². The van der Waals surface area contributed by atoms with Crippen LogP contribution in [-0.2, 0) is 5.41 Å². The molecule has 0 aliphatic heterocycles. The van der Waals surface area contributed by atoms with Crippen LogP contribution >= 0.6 is 11.8 Å². The number of nitrogens with zero attached hydrogens (tertiary/aromatic N) is 4. The molecule has 0 aliphatic carbocycles. The van der Waals surface area contributed by atoms with E-state index in [4.69, 9.17) is 11.1 Å². The topological polar surface area (TPSA) is 80.5 Å². The lowest BCUT2D eigenvalue weighted by molar-refractivity contribution is 0.590. The van der Waals surface area contributed by atoms with Gasteiger partial charge in [0.25, 0.3) is 0 Å². The molecular weight excluding hydrogens is 282 g/mol. The third kappa shape index (κ3) is 3.37. The summed E-state index contributed by atoms with van der Waals surface area (Å²) in [6.07, 6.45) is 0. The lowest BCUT2D eigenvalue weighted by Crippen LogP contribution is -2.13. The van der Waals surface area contributed by atoms with Gasteiger partial charge in [0, 0.05) is 5.56 Å². The summed E-state index contributed by atoms with van der Waals surface area (Å²) in [5.74, 6) is 6.62. The van der Waals surface area contributed by atoms with Crippen molar-refractivity contribution in [3.05, 3.63) is 29.8 Å². The van der Waals surface area contributed by atoms with E-state index in [0.717, 1.165) is 5.56 Å². The van der Waals surface area contributed by atoms with Crippen LogP contribution < -0.4 is 5.84 Å². The molecule has 1 heterocycles. The minimum atomic E-state index is -0.215. The summed E-state index contributed by atoms with van der Waals surface area (Å²) >= 11 is 1.30. The minimum Gasteiger partial charge on any atom is -0.335 e. The van der Waals surface area contributed by atoms with Crippen molar-refractivity contribution in [2.75, 3.05) is 5.84 Å². The number of hydrogen-bond donors (Lipinski definition) is 1. The normalized spacial score (nSPS) is 12.9. The second-order valence-corrected chi connectivity index (χ2v) is 7.20. The Morgan fingerprint density at radius 2 is 1.86 bits per heavy atom. The number of nitriles is 1. The number of hydrogen-bond acceptors (Lipinski definition) is 5. The Balaban J connectivity index is 2.29. The zero-order valence-corrected chi connectivity index (χ0v) is 13.5. The lowest BCUT2D eigenvalue weighted by atomic mass is 9.87. The molecule has 0 amide bonds. The first-order valence-electron chi connectivity index (χ1n) is 6.70. The first kappa shape index (κ1) is 15.4. The molecule has 1 atom stereocenters. The highest BCUT2D eigenvalue weighted by atomic mass is 32.2. The van der Waals surface area contributed by atoms with E-state index < -0.39 is 0 Å². The van der Waals surface area contributed by atoms with Gasteiger partial charge >= 0.3 is 0 Å². The maximum Gasteiger partial charge on any atom is 0.211 e. The molecule has 0 bridgehead atoms. The third-order valence-corrected chi connectivity index (χ3v) is 4.09. The van der Waals surface area contributed by atoms with Gasteiger partial charge in [-0.3, -0.25) is 0 Å². The fourth-order valence-electron chi connectivity index (χ4n) is 1.86. The van der Waals surface area contributed by atoms with Crippen molar-refractivity contribution < 1.29 is 0 Å². The highest BCUT2D eigenvalue weighted by molar-refractivity contribution is 8.00. The van der Waals surface area contributed by atoms with Crippen molar-refractivity contribution in [1.82, 2.24) is 14.9 Å². The maximum atomic E-state index is 8.85. The number of nitrogens with two attached hydrogens (primary N) is 1. The van der Waals surface area contributed by atoms with Crippen molar-refractivity contribution >= 4 is 11.8 Å². The third-order valence-electron chi connectivity index (χ3n) is 3.14. The second kappa shape index (κ2) is 5.78. The Labute approximate surface area is 129 Å². The van der Waals surface area contributed by atoms with E-state index in [2.05, 4.69) is 49.2 Å². The van der Waals surface area contributed by atoms with Gasteiger partial charge in [-0.1, -0.05) is 56.8 Å². The van der Waals surface area contributed by atoms with Gasteiger partial charge in [-0.2, -0.15) is 5.26 Å². The smallest absolute Gasteiger partial charge is 0.211 e. The van der Waals surface area contributed by atoms with E-state index in [1.807, 2.05) is 12.1 Å². The fraction of sp³-hybridized carbons (Fsp3) is 0.400. The van der Waals surface area contributed by atoms with Gasteiger partial charge in [0.1, 0.15) is 0 Å². The van der Waals surface area contributed by atoms with Crippen LogP contribution in [-0.4, -0.2) is 20.1 Å². The minimum absolute atomic E-state index is 0.109. The highest BCUT2D eigenvalue weighted by Crippen LogP contribution is 2.27. The van der Waals surface area contributed by atoms with Crippen molar-refractivity contribution in [2.45, 2.75) is 43.5 Å². The lowest BCUT2D eigenvalue weighted by Gasteiger charge is -2.19. The van der Waals surface area contributed by atoms with Crippen molar-refractivity contribution in [3.63, 3.8) is 0 Å². The largest absolute Gasteiger partial charge is 0.335 e. The van der Waals surface area contributed by atoms with Crippen molar-refractivity contribution in [1.29, 1.82) is 5.26 Å². The molecule has 1 unspecified atom stereocenters. The molecule has 5 nitrogen and oxygen atoms in total. The fourth-order valence-corrected chi connectivity index (χ4v) is 2.51. The first-order valence-corrected chi connectivity index (χ1v) is 7.58. The Kier molecular flexibility index (Phi) is 4.24. The van der Waals surface area contributed by atoms with E-state index in [1.54, 1.807) is 6.92 Å². The Bertz CT molecular complexity index is 661. The molecule has 1 aromatic heterocycles. The second-order valence-electron chi connectivity index (χ2n) is 5.89. The molecule has 2 rings (SSSR count). The van der Waals surface area contributed by atoms with Crippen LogP contribution in [0.1, 0.15) is 33.3 Å². The van der Waals surface area contributed by atoms with Gasteiger partial charge in [0.05, 0.1) is 11.3 Å². The summed E-state index contributed by atoms with van der Waals surface area (Å²) in [7, 11) is 0. The standard InChI is InChI=1S/C15H19N5S/c1-10(9-16)21-14-19-18-13(20(14)17)11-5-7-12(8-6-11)15(2,3)4/h5-8,10H,17H2,1-4H3. The van der Waals surface area contributed by atoms with Gasteiger partial charge in [0.15, 0.2) is 5.82 Å². The average molecular weight is 301 g/mol. The summed E-state index contributed by atoms with van der Waals surface area (Å²) in [5, 5.41) is 17.3. The molecule has 1 aromatic carbocycles. The van der Waals surface area contributed by atoms with E-state index in [-0.39, 0.29) is 10.7 Å². The number of benzene rings is 1. The number of aromatic nitrogens is 3. The van der Waals surface area contributed by atoms with Crippen LogP contribution in [0.25, 0.3) is 11.4 Å². The van der Waals surface area contributed by atoms with Gasteiger partial charge in [-0.25, -0.2) is 4.68 Å². The molecule has 6 heteroatoms. The number of rotatable bonds is 3. The molecule has 0 spiro atoms. The quantitative estimate of drug-likeness (QED) is 0.696. The maximum absolute atomic E-state index is 8.85. The van der Waals surface area contributed by atoms with Crippen LogP contribution in [0.2, 0.25) is 0 Å². The zero-order chi connectivity index (χ0) is 15.6. The van der Waals surface area contributed by atoms with Crippen molar-refractivity contribution in [2.24, 2.45) is 0 Å². The number of thioether (sulfide) groups is 1. The summed E-state index contributed by atoms with van der Waals surface area (Å²) in [6.45, 7) is 8.32. The molecule has 0 saturated carbocycles. The van der Waals surface area contributed by atoms with Crippen LogP contribution in [0.3, 0.4) is 0 Å². The summed E-state index contributed by atoms with van der Waals surface area (Å²) in [6, 6.07) is 10.3. The first-order chi connectivity index (χ1) is 9.82. The van der Waals surface area contributed by atoms with Gasteiger partial charge in [0.2, 0.25) is 5.16 Å². The Morgan fingerprint density at radius 3 is 2.38 bits per heavy atom. The van der Waals surface area contributed by atoms with Crippen LogP contribution in [0.5, 0.6) is 0 Å². The van der Waals surface area contributed by atoms with Crippen LogP contribution in [0.15, 0.2) is 29.4 Å². The average Bonchev–Trinajstić information content (AvgIpc) is 2.79. The SMILES string of the molecule is CC(C#N)Sc1nnc(-c2ccc(C(C)(C)C)cc2)n1N. The van der Waals surface area contributed by atoms with Crippen LogP contribution in [0.4, 0.5) is 0 Å². The summed E-state index contributed by atoms with van der Waals surface area (Å²) in [5.41, 5.74) is 2.27. The molecule has 0 radical (unpaired) electrons. The molecule has 0 aliphatic rings.